The van der Waals surface area contributed by atoms with E-state index in [1.54, 1.807) is 23.1 Å². The molecule has 212 valence electrons. The van der Waals surface area contributed by atoms with Gasteiger partial charge in [0.05, 0.1) is 0 Å². The number of halogens is 2. The number of carbonyl (C=O) groups is 2. The highest BCUT2D eigenvalue weighted by molar-refractivity contribution is 6.36. The lowest BCUT2D eigenvalue weighted by atomic mass is 9.94. The second kappa shape index (κ2) is 13.9. The minimum Gasteiger partial charge on any atom is -0.483 e. The van der Waals surface area contributed by atoms with Gasteiger partial charge in [0.25, 0.3) is 5.91 Å². The topological polar surface area (TPSA) is 58.6 Å². The van der Waals surface area contributed by atoms with Crippen LogP contribution in [-0.2, 0) is 22.6 Å². The zero-order valence-electron chi connectivity index (χ0n) is 22.9. The van der Waals surface area contributed by atoms with Crippen molar-refractivity contribution in [2.75, 3.05) is 6.61 Å². The van der Waals surface area contributed by atoms with Gasteiger partial charge in [-0.15, -0.1) is 0 Å². The van der Waals surface area contributed by atoms with Crippen molar-refractivity contribution < 1.29 is 14.3 Å². The van der Waals surface area contributed by atoms with Crippen LogP contribution >= 0.6 is 23.2 Å². The van der Waals surface area contributed by atoms with Crippen LogP contribution in [-0.4, -0.2) is 35.4 Å². The van der Waals surface area contributed by atoms with E-state index in [1.807, 2.05) is 72.8 Å². The Morgan fingerprint density at radius 3 is 2.24 bits per heavy atom. The number of fused-ring (bicyclic) bond motifs is 1. The van der Waals surface area contributed by atoms with Crippen LogP contribution < -0.4 is 10.1 Å². The molecule has 1 aliphatic rings. The molecule has 1 N–H and O–H groups in total. The maximum absolute atomic E-state index is 14.0. The third kappa shape index (κ3) is 7.41. The van der Waals surface area contributed by atoms with Crippen LogP contribution in [0.1, 0.15) is 43.2 Å². The van der Waals surface area contributed by atoms with Crippen molar-refractivity contribution in [1.29, 1.82) is 0 Å². The molecule has 1 unspecified atom stereocenters. The zero-order valence-corrected chi connectivity index (χ0v) is 24.4. The van der Waals surface area contributed by atoms with E-state index in [4.69, 9.17) is 27.9 Å². The van der Waals surface area contributed by atoms with Gasteiger partial charge in [-0.1, -0.05) is 115 Å². The number of benzene rings is 4. The fourth-order valence-corrected chi connectivity index (χ4v) is 6.01. The molecule has 0 radical (unpaired) electrons. The summed E-state index contributed by atoms with van der Waals surface area (Å²) >= 11 is 13.1. The van der Waals surface area contributed by atoms with Gasteiger partial charge in [0.15, 0.2) is 6.61 Å². The summed E-state index contributed by atoms with van der Waals surface area (Å²) in [7, 11) is 0. The summed E-state index contributed by atoms with van der Waals surface area (Å²) in [6.07, 6.45) is 5.59. The standard InChI is InChI=1S/C34H34Cl2N2O3/c35-29-18-10-19-30(36)28(29)22-38(33(39)23-41-32-20-9-14-25-13-7-8-17-27(25)32)31(21-24-11-3-1-4-12-24)34(40)37-26-15-5-2-6-16-26/h1,3-4,7-14,17-20,26,31H,2,5-6,15-16,21-23H2,(H,37,40). The minimum atomic E-state index is -0.782. The van der Waals surface area contributed by atoms with E-state index in [0.717, 1.165) is 42.0 Å². The van der Waals surface area contributed by atoms with Crippen molar-refractivity contribution in [3.63, 3.8) is 0 Å². The number of hydrogen-bond donors (Lipinski definition) is 1. The van der Waals surface area contributed by atoms with Crippen molar-refractivity contribution >= 4 is 45.8 Å². The lowest BCUT2D eigenvalue weighted by molar-refractivity contribution is -0.143. The summed E-state index contributed by atoms with van der Waals surface area (Å²) in [5.74, 6) is 0.106. The van der Waals surface area contributed by atoms with Gasteiger partial charge in [-0.25, -0.2) is 0 Å². The fourth-order valence-electron chi connectivity index (χ4n) is 5.50. The number of rotatable bonds is 10. The molecule has 0 aliphatic heterocycles. The highest BCUT2D eigenvalue weighted by atomic mass is 35.5. The van der Waals surface area contributed by atoms with Gasteiger partial charge in [0.2, 0.25) is 5.91 Å². The smallest absolute Gasteiger partial charge is 0.261 e. The zero-order chi connectivity index (χ0) is 28.6. The average molecular weight is 590 g/mol. The third-order valence-corrected chi connectivity index (χ3v) is 8.42. The second-order valence-corrected chi connectivity index (χ2v) is 11.4. The molecule has 0 spiro atoms. The average Bonchev–Trinajstić information content (AvgIpc) is 3.00. The van der Waals surface area contributed by atoms with E-state index in [1.165, 1.54) is 6.42 Å². The van der Waals surface area contributed by atoms with E-state index in [0.29, 0.717) is 27.8 Å². The number of ether oxygens (including phenoxy) is 1. The highest BCUT2D eigenvalue weighted by Gasteiger charge is 2.33. The molecular formula is C34H34Cl2N2O3. The molecule has 0 aromatic heterocycles. The number of hydrogen-bond acceptors (Lipinski definition) is 3. The van der Waals surface area contributed by atoms with Gasteiger partial charge in [-0.2, -0.15) is 0 Å². The van der Waals surface area contributed by atoms with E-state index >= 15 is 0 Å². The molecule has 4 aromatic rings. The van der Waals surface area contributed by atoms with E-state index in [2.05, 4.69) is 5.32 Å². The van der Waals surface area contributed by atoms with E-state index in [-0.39, 0.29) is 31.0 Å². The van der Waals surface area contributed by atoms with E-state index in [9.17, 15) is 9.59 Å². The Morgan fingerprint density at radius 2 is 1.49 bits per heavy atom. The Morgan fingerprint density at radius 1 is 0.829 bits per heavy atom. The molecule has 2 amide bonds. The normalized spacial score (nSPS) is 14.4. The summed E-state index contributed by atoms with van der Waals surface area (Å²) in [4.78, 5) is 29.6. The first kappa shape index (κ1) is 29.0. The third-order valence-electron chi connectivity index (χ3n) is 7.71. The Bertz CT molecular complexity index is 1460. The lowest BCUT2D eigenvalue weighted by Crippen LogP contribution is -2.53. The van der Waals surface area contributed by atoms with Crippen molar-refractivity contribution in [1.82, 2.24) is 10.2 Å². The summed E-state index contributed by atoms with van der Waals surface area (Å²) in [5.41, 5.74) is 1.55. The van der Waals surface area contributed by atoms with Crippen molar-refractivity contribution in [3.05, 3.63) is 112 Å². The summed E-state index contributed by atoms with van der Waals surface area (Å²) in [6.45, 7) is -0.163. The van der Waals surface area contributed by atoms with Crippen molar-refractivity contribution in [2.45, 2.75) is 57.2 Å². The van der Waals surface area contributed by atoms with Gasteiger partial charge in [0.1, 0.15) is 11.8 Å². The fraction of sp³-hybridized carbons (Fsp3) is 0.294. The van der Waals surface area contributed by atoms with E-state index < -0.39 is 6.04 Å². The molecule has 5 rings (SSSR count). The first-order valence-corrected chi connectivity index (χ1v) is 14.9. The monoisotopic (exact) mass is 588 g/mol. The Kier molecular flexibility index (Phi) is 9.81. The second-order valence-electron chi connectivity index (χ2n) is 10.5. The van der Waals surface area contributed by atoms with Gasteiger partial charge in [-0.3, -0.25) is 9.59 Å². The molecular weight excluding hydrogens is 555 g/mol. The van der Waals surface area contributed by atoms with Crippen LogP contribution in [0, 0.1) is 0 Å². The predicted molar refractivity (Wildman–Crippen MR) is 165 cm³/mol. The van der Waals surface area contributed by atoms with Crippen LogP contribution in [0.25, 0.3) is 10.8 Å². The van der Waals surface area contributed by atoms with Crippen molar-refractivity contribution in [2.24, 2.45) is 0 Å². The molecule has 1 fully saturated rings. The Hall–Kier alpha value is -3.54. The van der Waals surface area contributed by atoms with Gasteiger partial charge in [-0.05, 0) is 42.0 Å². The van der Waals surface area contributed by atoms with Gasteiger partial charge >= 0.3 is 0 Å². The summed E-state index contributed by atoms with van der Waals surface area (Å²) in [5, 5.41) is 6.07. The molecule has 1 aliphatic carbocycles. The largest absolute Gasteiger partial charge is 0.483 e. The summed E-state index contributed by atoms with van der Waals surface area (Å²) < 4.78 is 6.10. The molecule has 5 nitrogen and oxygen atoms in total. The highest BCUT2D eigenvalue weighted by Crippen LogP contribution is 2.29. The van der Waals surface area contributed by atoms with Crippen LogP contribution in [0.2, 0.25) is 10.0 Å². The first-order valence-electron chi connectivity index (χ1n) is 14.2. The summed E-state index contributed by atoms with van der Waals surface area (Å²) in [6, 6.07) is 27.9. The Labute approximate surface area is 251 Å². The number of nitrogens with zero attached hydrogens (tertiary/aromatic N) is 1. The van der Waals surface area contributed by atoms with Gasteiger partial charge in [0, 0.05) is 40.0 Å². The molecule has 4 aromatic carbocycles. The van der Waals surface area contributed by atoms with Gasteiger partial charge < -0.3 is 15.0 Å². The Balaban J connectivity index is 1.47. The molecule has 41 heavy (non-hydrogen) atoms. The molecule has 0 bridgehead atoms. The molecule has 0 saturated heterocycles. The molecule has 7 heteroatoms. The predicted octanol–water partition coefficient (Wildman–Crippen LogP) is 7.61. The first-order chi connectivity index (χ1) is 20.0. The molecule has 0 heterocycles. The van der Waals surface area contributed by atoms with Crippen LogP contribution in [0.4, 0.5) is 0 Å². The number of carbonyl (C=O) groups excluding carboxylic acids is 2. The maximum Gasteiger partial charge on any atom is 0.261 e. The SMILES string of the molecule is O=C(NC1CCCCC1)C(Cc1ccccc1)N(Cc1c(Cl)cccc1Cl)C(=O)COc1cccc2ccccc12. The van der Waals surface area contributed by atoms with Crippen LogP contribution in [0.5, 0.6) is 5.75 Å². The van der Waals surface area contributed by atoms with Crippen LogP contribution in [0.3, 0.4) is 0 Å². The number of amides is 2. The molecule has 1 saturated carbocycles. The molecule has 1 atom stereocenters. The van der Waals surface area contributed by atoms with Crippen LogP contribution in [0.15, 0.2) is 91.0 Å². The quantitative estimate of drug-likeness (QED) is 0.207. The van der Waals surface area contributed by atoms with Crippen molar-refractivity contribution in [3.8, 4) is 5.75 Å². The lowest BCUT2D eigenvalue weighted by Gasteiger charge is -2.33. The minimum absolute atomic E-state index is 0.0752. The maximum atomic E-state index is 14.0. The number of nitrogens with one attached hydrogen (secondary N) is 1.